The summed E-state index contributed by atoms with van der Waals surface area (Å²) in [5.74, 6) is 1.62. The van der Waals surface area contributed by atoms with E-state index in [9.17, 15) is 8.78 Å². The number of thioether (sulfide) groups is 1. The van der Waals surface area contributed by atoms with Crippen LogP contribution in [0.15, 0.2) is 12.1 Å². The highest BCUT2D eigenvalue weighted by Gasteiger charge is 2.12. The second-order valence-electron chi connectivity index (χ2n) is 3.08. The Morgan fingerprint density at radius 1 is 1.35 bits per heavy atom. The standard InChI is InChI=1S/C12H10F2N2S/c1-2-6-17-7-5-16-10-4-3-9(8-15)11(13)12(10)14/h1,3-4,16H,5-7H2. The smallest absolute Gasteiger partial charge is 0.183 e. The van der Waals surface area contributed by atoms with Crippen molar-refractivity contribution < 1.29 is 8.78 Å². The average molecular weight is 252 g/mol. The van der Waals surface area contributed by atoms with Crippen molar-refractivity contribution in [2.75, 3.05) is 23.4 Å². The first kappa shape index (κ1) is 13.3. The maximum absolute atomic E-state index is 13.4. The first-order valence-corrected chi connectivity index (χ1v) is 5.99. The molecule has 0 aliphatic rings. The Hall–Kier alpha value is -1.72. The summed E-state index contributed by atoms with van der Waals surface area (Å²) in [6, 6.07) is 4.17. The number of nitriles is 1. The van der Waals surface area contributed by atoms with E-state index in [2.05, 4.69) is 11.2 Å². The SMILES string of the molecule is C#CCSCCNc1ccc(C#N)c(F)c1F. The Morgan fingerprint density at radius 3 is 2.76 bits per heavy atom. The monoisotopic (exact) mass is 252 g/mol. The molecular formula is C12H10F2N2S. The van der Waals surface area contributed by atoms with Crippen molar-refractivity contribution in [3.05, 3.63) is 29.3 Å². The zero-order valence-corrected chi connectivity index (χ0v) is 9.78. The molecule has 0 radical (unpaired) electrons. The van der Waals surface area contributed by atoms with E-state index >= 15 is 0 Å². The highest BCUT2D eigenvalue weighted by molar-refractivity contribution is 7.99. The lowest BCUT2D eigenvalue weighted by Gasteiger charge is -2.07. The lowest BCUT2D eigenvalue weighted by molar-refractivity contribution is 0.509. The van der Waals surface area contributed by atoms with E-state index in [1.54, 1.807) is 6.07 Å². The van der Waals surface area contributed by atoms with Gasteiger partial charge < -0.3 is 5.32 Å². The minimum atomic E-state index is -1.12. The lowest BCUT2D eigenvalue weighted by Crippen LogP contribution is -2.07. The summed E-state index contributed by atoms with van der Waals surface area (Å²) >= 11 is 1.52. The molecule has 0 saturated heterocycles. The van der Waals surface area contributed by atoms with Crippen LogP contribution in [0.5, 0.6) is 0 Å². The third-order valence-corrected chi connectivity index (χ3v) is 2.81. The van der Waals surface area contributed by atoms with E-state index in [1.807, 2.05) is 0 Å². The number of hydrogen-bond acceptors (Lipinski definition) is 3. The molecule has 17 heavy (non-hydrogen) atoms. The Balaban J connectivity index is 2.59. The highest BCUT2D eigenvalue weighted by atomic mass is 32.2. The van der Waals surface area contributed by atoms with E-state index < -0.39 is 11.6 Å². The molecule has 0 saturated carbocycles. The third kappa shape index (κ3) is 3.65. The van der Waals surface area contributed by atoms with Crippen LogP contribution in [0, 0.1) is 35.3 Å². The van der Waals surface area contributed by atoms with E-state index in [-0.39, 0.29) is 11.3 Å². The Bertz CT molecular complexity index is 475. The quantitative estimate of drug-likeness (QED) is 0.646. The minimum absolute atomic E-state index is 0.0582. The van der Waals surface area contributed by atoms with Gasteiger partial charge in [0.05, 0.1) is 17.0 Å². The van der Waals surface area contributed by atoms with Gasteiger partial charge in [-0.25, -0.2) is 8.78 Å². The summed E-state index contributed by atoms with van der Waals surface area (Å²) < 4.78 is 26.6. The van der Waals surface area contributed by atoms with Crippen LogP contribution in [-0.2, 0) is 0 Å². The first-order chi connectivity index (χ1) is 8.20. The van der Waals surface area contributed by atoms with Gasteiger partial charge in [0.15, 0.2) is 11.6 Å². The van der Waals surface area contributed by atoms with Gasteiger partial charge in [-0.1, -0.05) is 5.92 Å². The largest absolute Gasteiger partial charge is 0.382 e. The summed E-state index contributed by atoms with van der Waals surface area (Å²) in [7, 11) is 0. The summed E-state index contributed by atoms with van der Waals surface area (Å²) in [5, 5.41) is 11.3. The fraction of sp³-hybridized carbons (Fsp3) is 0.250. The van der Waals surface area contributed by atoms with Gasteiger partial charge in [0.2, 0.25) is 0 Å². The van der Waals surface area contributed by atoms with Gasteiger partial charge in [-0.3, -0.25) is 0 Å². The average Bonchev–Trinajstić information content (AvgIpc) is 2.34. The lowest BCUT2D eigenvalue weighted by atomic mass is 10.2. The van der Waals surface area contributed by atoms with Crippen LogP contribution in [0.2, 0.25) is 0 Å². The van der Waals surface area contributed by atoms with Crippen LogP contribution in [-0.4, -0.2) is 18.1 Å². The number of terminal acetylenes is 1. The number of benzene rings is 1. The molecule has 1 N–H and O–H groups in total. The topological polar surface area (TPSA) is 35.8 Å². The Labute approximate surface area is 103 Å². The number of rotatable bonds is 5. The first-order valence-electron chi connectivity index (χ1n) is 4.84. The molecule has 2 nitrogen and oxygen atoms in total. The van der Waals surface area contributed by atoms with Crippen molar-refractivity contribution in [2.45, 2.75) is 0 Å². The van der Waals surface area contributed by atoms with E-state index in [4.69, 9.17) is 11.7 Å². The van der Waals surface area contributed by atoms with Crippen molar-refractivity contribution >= 4 is 17.4 Å². The second kappa shape index (κ2) is 6.78. The van der Waals surface area contributed by atoms with E-state index in [0.29, 0.717) is 18.1 Å². The fourth-order valence-electron chi connectivity index (χ4n) is 1.16. The van der Waals surface area contributed by atoms with E-state index in [1.165, 1.54) is 23.9 Å². The number of anilines is 1. The Morgan fingerprint density at radius 2 is 2.12 bits per heavy atom. The summed E-state index contributed by atoms with van der Waals surface area (Å²) in [4.78, 5) is 0. The molecule has 0 aliphatic heterocycles. The highest BCUT2D eigenvalue weighted by Crippen LogP contribution is 2.20. The second-order valence-corrected chi connectivity index (χ2v) is 4.19. The molecule has 0 aromatic heterocycles. The Kier molecular flexibility index (Phi) is 5.32. The molecule has 0 bridgehead atoms. The van der Waals surface area contributed by atoms with Gasteiger partial charge in [-0.15, -0.1) is 18.2 Å². The molecule has 0 heterocycles. The van der Waals surface area contributed by atoms with Gasteiger partial charge in [0.1, 0.15) is 6.07 Å². The third-order valence-electron chi connectivity index (χ3n) is 1.95. The predicted octanol–water partition coefficient (Wildman–Crippen LogP) is 2.61. The molecular weight excluding hydrogens is 242 g/mol. The van der Waals surface area contributed by atoms with Crippen LogP contribution in [0.25, 0.3) is 0 Å². The zero-order chi connectivity index (χ0) is 12.7. The van der Waals surface area contributed by atoms with Gasteiger partial charge in [-0.2, -0.15) is 5.26 Å². The molecule has 1 aromatic rings. The zero-order valence-electron chi connectivity index (χ0n) is 8.96. The van der Waals surface area contributed by atoms with Crippen LogP contribution in [0.3, 0.4) is 0 Å². The predicted molar refractivity (Wildman–Crippen MR) is 65.7 cm³/mol. The number of hydrogen-bond donors (Lipinski definition) is 1. The maximum Gasteiger partial charge on any atom is 0.183 e. The molecule has 0 fully saturated rings. The molecule has 88 valence electrons. The summed E-state index contributed by atoms with van der Waals surface area (Å²) in [6.45, 7) is 0.481. The van der Waals surface area contributed by atoms with Crippen molar-refractivity contribution in [1.82, 2.24) is 0 Å². The summed E-state index contributed by atoms with van der Waals surface area (Å²) in [6.07, 6.45) is 5.07. The van der Waals surface area contributed by atoms with Crippen LogP contribution in [0.1, 0.15) is 5.56 Å². The van der Waals surface area contributed by atoms with Gasteiger partial charge in [0.25, 0.3) is 0 Å². The molecule has 0 amide bonds. The number of halogens is 2. The molecule has 0 atom stereocenters. The molecule has 1 rings (SSSR count). The van der Waals surface area contributed by atoms with E-state index in [0.717, 1.165) is 0 Å². The summed E-state index contributed by atoms with van der Waals surface area (Å²) in [5.41, 5.74) is -0.238. The van der Waals surface area contributed by atoms with Crippen molar-refractivity contribution in [3.63, 3.8) is 0 Å². The van der Waals surface area contributed by atoms with Crippen LogP contribution in [0.4, 0.5) is 14.5 Å². The molecule has 1 aromatic carbocycles. The minimum Gasteiger partial charge on any atom is -0.382 e. The number of nitrogens with zero attached hydrogens (tertiary/aromatic N) is 1. The van der Waals surface area contributed by atoms with Crippen molar-refractivity contribution in [2.24, 2.45) is 0 Å². The van der Waals surface area contributed by atoms with Crippen LogP contribution >= 0.6 is 11.8 Å². The number of nitrogens with one attached hydrogen (secondary N) is 1. The van der Waals surface area contributed by atoms with Gasteiger partial charge in [0, 0.05) is 12.3 Å². The van der Waals surface area contributed by atoms with Crippen LogP contribution < -0.4 is 5.32 Å². The molecule has 0 unspecified atom stereocenters. The van der Waals surface area contributed by atoms with Crippen molar-refractivity contribution in [1.29, 1.82) is 5.26 Å². The normalized spacial score (nSPS) is 9.41. The maximum atomic E-state index is 13.4. The molecule has 5 heteroatoms. The molecule has 0 spiro atoms. The van der Waals surface area contributed by atoms with Crippen molar-refractivity contribution in [3.8, 4) is 18.4 Å². The van der Waals surface area contributed by atoms with Gasteiger partial charge >= 0.3 is 0 Å². The fourth-order valence-corrected chi connectivity index (χ4v) is 1.67. The molecule has 0 aliphatic carbocycles. The van der Waals surface area contributed by atoms with Gasteiger partial charge in [-0.05, 0) is 12.1 Å².